The topological polar surface area (TPSA) is 35.5 Å². The lowest BCUT2D eigenvalue weighted by atomic mass is 9.98. The number of rotatable bonds is 1. The van der Waals surface area contributed by atoms with Crippen LogP contribution in [0.25, 0.3) is 0 Å². The van der Waals surface area contributed by atoms with Crippen LogP contribution in [0, 0.1) is 17.9 Å². The summed E-state index contributed by atoms with van der Waals surface area (Å²) >= 11 is 0. The lowest BCUT2D eigenvalue weighted by molar-refractivity contribution is -0.0111. The highest BCUT2D eigenvalue weighted by atomic mass is 16.7. The zero-order valence-corrected chi connectivity index (χ0v) is 9.71. The van der Waals surface area contributed by atoms with Crippen molar-refractivity contribution in [3.8, 4) is 0 Å². The zero-order chi connectivity index (χ0) is 11.1. The largest absolute Gasteiger partial charge is 0.509 e. The second-order valence-corrected chi connectivity index (χ2v) is 5.61. The Balaban J connectivity index is 1.80. The van der Waals surface area contributed by atoms with Gasteiger partial charge in [0.05, 0.1) is 0 Å². The van der Waals surface area contributed by atoms with Crippen molar-refractivity contribution in [2.45, 2.75) is 52.1 Å². The van der Waals surface area contributed by atoms with Gasteiger partial charge in [0.1, 0.15) is 5.60 Å². The molecule has 0 spiro atoms. The maximum absolute atomic E-state index is 11.4. The SMILES string of the molecule is CC(C)(C)OC(=O)O[C]1CC2CCC1C2. The van der Waals surface area contributed by atoms with Crippen molar-refractivity contribution in [2.24, 2.45) is 11.8 Å². The predicted molar refractivity (Wildman–Crippen MR) is 56.0 cm³/mol. The van der Waals surface area contributed by atoms with Crippen molar-refractivity contribution in [3.05, 3.63) is 6.10 Å². The molecule has 2 rings (SSSR count). The van der Waals surface area contributed by atoms with Gasteiger partial charge >= 0.3 is 6.16 Å². The normalized spacial score (nSPS) is 30.6. The van der Waals surface area contributed by atoms with E-state index in [1.807, 2.05) is 20.8 Å². The summed E-state index contributed by atoms with van der Waals surface area (Å²) in [7, 11) is 0. The van der Waals surface area contributed by atoms with Crippen molar-refractivity contribution in [3.63, 3.8) is 0 Å². The Hall–Kier alpha value is -0.730. The summed E-state index contributed by atoms with van der Waals surface area (Å²) in [6.07, 6.45) is 5.07. The molecular weight excluding hydrogens is 192 g/mol. The fraction of sp³-hybridized carbons (Fsp3) is 0.833. The van der Waals surface area contributed by atoms with Gasteiger partial charge < -0.3 is 9.47 Å². The molecule has 2 bridgehead atoms. The van der Waals surface area contributed by atoms with E-state index in [0.717, 1.165) is 18.4 Å². The molecule has 2 aliphatic carbocycles. The summed E-state index contributed by atoms with van der Waals surface area (Å²) in [5.74, 6) is 1.27. The lowest BCUT2D eigenvalue weighted by Gasteiger charge is -2.23. The number of fused-ring (bicyclic) bond motifs is 2. The Morgan fingerprint density at radius 3 is 2.53 bits per heavy atom. The van der Waals surface area contributed by atoms with Crippen LogP contribution in [0.3, 0.4) is 0 Å². The van der Waals surface area contributed by atoms with Crippen LogP contribution in [-0.2, 0) is 9.47 Å². The molecule has 0 aromatic heterocycles. The monoisotopic (exact) mass is 211 g/mol. The number of hydrogen-bond acceptors (Lipinski definition) is 3. The van der Waals surface area contributed by atoms with Crippen molar-refractivity contribution in [2.75, 3.05) is 0 Å². The van der Waals surface area contributed by atoms with E-state index in [1.54, 1.807) is 0 Å². The Bertz CT molecular complexity index is 254. The summed E-state index contributed by atoms with van der Waals surface area (Å²) in [5.41, 5.74) is -0.463. The highest BCUT2D eigenvalue weighted by Gasteiger charge is 2.43. The lowest BCUT2D eigenvalue weighted by Crippen LogP contribution is -2.26. The van der Waals surface area contributed by atoms with Crippen LogP contribution < -0.4 is 0 Å². The predicted octanol–water partition coefficient (Wildman–Crippen LogP) is 3.29. The molecule has 0 aromatic carbocycles. The molecule has 0 saturated heterocycles. The van der Waals surface area contributed by atoms with E-state index in [0.29, 0.717) is 5.92 Å². The van der Waals surface area contributed by atoms with Crippen LogP contribution in [0.2, 0.25) is 0 Å². The summed E-state index contributed by atoms with van der Waals surface area (Å²) in [6.45, 7) is 5.54. The average Bonchev–Trinajstić information content (AvgIpc) is 2.60. The van der Waals surface area contributed by atoms with Gasteiger partial charge in [0.15, 0.2) is 6.10 Å². The highest BCUT2D eigenvalue weighted by molar-refractivity contribution is 5.61. The molecule has 0 aliphatic heterocycles. The zero-order valence-electron chi connectivity index (χ0n) is 9.71. The summed E-state index contributed by atoms with van der Waals surface area (Å²) < 4.78 is 10.4. The van der Waals surface area contributed by atoms with Gasteiger partial charge in [-0.25, -0.2) is 4.79 Å². The first-order valence-corrected chi connectivity index (χ1v) is 5.70. The van der Waals surface area contributed by atoms with E-state index in [9.17, 15) is 4.79 Å². The maximum atomic E-state index is 11.4. The Labute approximate surface area is 91.1 Å². The molecule has 1 radical (unpaired) electrons. The third-order valence-electron chi connectivity index (χ3n) is 3.09. The van der Waals surface area contributed by atoms with Crippen LogP contribution in [0.4, 0.5) is 4.79 Å². The third-order valence-corrected chi connectivity index (χ3v) is 3.09. The minimum atomic E-state index is -0.537. The fourth-order valence-electron chi connectivity index (χ4n) is 2.51. The van der Waals surface area contributed by atoms with Crippen LogP contribution >= 0.6 is 0 Å². The van der Waals surface area contributed by atoms with Gasteiger partial charge in [-0.05, 0) is 52.4 Å². The van der Waals surface area contributed by atoms with E-state index >= 15 is 0 Å². The molecule has 2 atom stereocenters. The first-order valence-electron chi connectivity index (χ1n) is 5.70. The molecular formula is C12H19O3. The molecule has 2 aliphatic rings. The number of carbonyl (C=O) groups is 1. The second-order valence-electron chi connectivity index (χ2n) is 5.61. The molecule has 85 valence electrons. The minimum absolute atomic E-state index is 0.463. The second kappa shape index (κ2) is 3.69. The molecule has 3 nitrogen and oxygen atoms in total. The van der Waals surface area contributed by atoms with Gasteiger partial charge in [-0.3, -0.25) is 0 Å². The van der Waals surface area contributed by atoms with Crippen LogP contribution in [0.15, 0.2) is 0 Å². The van der Waals surface area contributed by atoms with Crippen molar-refractivity contribution in [1.29, 1.82) is 0 Å². The van der Waals surface area contributed by atoms with Gasteiger partial charge in [-0.15, -0.1) is 0 Å². The van der Waals surface area contributed by atoms with E-state index in [2.05, 4.69) is 0 Å². The average molecular weight is 211 g/mol. The van der Waals surface area contributed by atoms with Gasteiger partial charge in [0.25, 0.3) is 0 Å². The number of carbonyl (C=O) groups excluding carboxylic acids is 1. The van der Waals surface area contributed by atoms with E-state index in [1.165, 1.54) is 19.3 Å². The summed E-state index contributed by atoms with van der Waals surface area (Å²) in [5, 5.41) is 0. The van der Waals surface area contributed by atoms with Crippen molar-refractivity contribution < 1.29 is 14.3 Å². The van der Waals surface area contributed by atoms with Gasteiger partial charge in [0, 0.05) is 5.92 Å². The highest BCUT2D eigenvalue weighted by Crippen LogP contribution is 2.50. The van der Waals surface area contributed by atoms with Crippen LogP contribution in [0.5, 0.6) is 0 Å². The molecule has 0 N–H and O–H groups in total. The molecule has 0 aromatic rings. The summed E-state index contributed by atoms with van der Waals surface area (Å²) in [4.78, 5) is 11.4. The van der Waals surface area contributed by atoms with Gasteiger partial charge in [-0.2, -0.15) is 0 Å². The third kappa shape index (κ3) is 2.64. The molecule has 2 saturated carbocycles. The fourth-order valence-corrected chi connectivity index (χ4v) is 2.51. The molecule has 2 unspecified atom stereocenters. The molecule has 0 amide bonds. The molecule has 3 heteroatoms. The molecule has 2 fully saturated rings. The summed E-state index contributed by atoms with van der Waals surface area (Å²) in [6, 6.07) is 0. The molecule has 0 heterocycles. The smallest absolute Gasteiger partial charge is 0.429 e. The van der Waals surface area contributed by atoms with Crippen LogP contribution in [0.1, 0.15) is 46.5 Å². The quantitative estimate of drug-likeness (QED) is 0.624. The van der Waals surface area contributed by atoms with Crippen LogP contribution in [-0.4, -0.2) is 11.8 Å². The number of hydrogen-bond donors (Lipinski definition) is 0. The number of ether oxygens (including phenoxy) is 2. The van der Waals surface area contributed by atoms with Gasteiger partial charge in [-0.1, -0.05) is 0 Å². The van der Waals surface area contributed by atoms with E-state index in [-0.39, 0.29) is 0 Å². The Kier molecular flexibility index (Phi) is 2.65. The first-order chi connectivity index (χ1) is 6.94. The van der Waals surface area contributed by atoms with E-state index in [4.69, 9.17) is 9.47 Å². The first kappa shape index (κ1) is 10.8. The maximum Gasteiger partial charge on any atom is 0.509 e. The van der Waals surface area contributed by atoms with Crippen molar-refractivity contribution >= 4 is 6.16 Å². The molecule has 15 heavy (non-hydrogen) atoms. The standard InChI is InChI=1S/C12H19O3/c1-12(2,3)15-11(13)14-10-7-8-4-5-9(10)6-8/h8-9H,4-7H2,1-3H3. The minimum Gasteiger partial charge on any atom is -0.429 e. The van der Waals surface area contributed by atoms with Gasteiger partial charge in [0.2, 0.25) is 0 Å². The van der Waals surface area contributed by atoms with Crippen molar-refractivity contribution in [1.82, 2.24) is 0 Å². The Morgan fingerprint density at radius 1 is 1.33 bits per heavy atom. The van der Waals surface area contributed by atoms with E-state index < -0.39 is 11.8 Å². The Morgan fingerprint density at radius 2 is 2.07 bits per heavy atom.